The molecule has 1 amide bonds. The van der Waals surface area contributed by atoms with Crippen LogP contribution in [0, 0.1) is 5.92 Å². The maximum Gasteiger partial charge on any atom is 0.278 e. The third-order valence-electron chi connectivity index (χ3n) is 3.84. The lowest BCUT2D eigenvalue weighted by molar-refractivity contribution is -0.122. The van der Waals surface area contributed by atoms with Gasteiger partial charge in [-0.3, -0.25) is 9.59 Å². The number of amides is 1. The molecule has 8 nitrogen and oxygen atoms in total. The van der Waals surface area contributed by atoms with Crippen molar-refractivity contribution in [1.82, 2.24) is 20.3 Å². The summed E-state index contributed by atoms with van der Waals surface area (Å²) in [5.74, 6) is -0.184. The lowest BCUT2D eigenvalue weighted by Gasteiger charge is -2.10. The molecule has 1 aromatic heterocycles. The second-order valence-corrected chi connectivity index (χ2v) is 7.87. The predicted octanol–water partition coefficient (Wildman–Crippen LogP) is -0.658. The number of hydrogen-bond acceptors (Lipinski definition) is 6. The largest absolute Gasteiger partial charge is 0.354 e. The minimum Gasteiger partial charge on any atom is -0.354 e. The molecular weight excluding hydrogens is 320 g/mol. The van der Waals surface area contributed by atoms with E-state index in [0.717, 1.165) is 4.68 Å². The Morgan fingerprint density at radius 2 is 2.13 bits per heavy atom. The topological polar surface area (TPSA) is 111 Å². The summed E-state index contributed by atoms with van der Waals surface area (Å²) in [6.07, 6.45) is 0.554. The molecule has 1 atom stereocenters. The molecule has 1 aliphatic heterocycles. The highest BCUT2D eigenvalue weighted by Gasteiger charge is 2.27. The Hall–Kier alpha value is -2.29. The first-order valence-electron chi connectivity index (χ1n) is 7.24. The van der Waals surface area contributed by atoms with Gasteiger partial charge in [0.05, 0.1) is 16.9 Å². The summed E-state index contributed by atoms with van der Waals surface area (Å²) in [6.45, 7) is 0.0456. The highest BCUT2D eigenvalue weighted by atomic mass is 32.2. The zero-order valence-electron chi connectivity index (χ0n) is 12.3. The van der Waals surface area contributed by atoms with Crippen molar-refractivity contribution in [3.05, 3.63) is 34.6 Å². The molecule has 0 spiro atoms. The van der Waals surface area contributed by atoms with Crippen molar-refractivity contribution in [2.45, 2.75) is 13.0 Å². The molecule has 2 aromatic rings. The van der Waals surface area contributed by atoms with Crippen molar-refractivity contribution >= 4 is 26.6 Å². The molecule has 3 rings (SSSR count). The van der Waals surface area contributed by atoms with Crippen LogP contribution in [0.15, 0.2) is 29.1 Å². The predicted molar refractivity (Wildman–Crippen MR) is 83.6 cm³/mol. The number of benzene rings is 1. The van der Waals surface area contributed by atoms with Gasteiger partial charge >= 0.3 is 0 Å². The molecule has 0 aliphatic carbocycles. The summed E-state index contributed by atoms with van der Waals surface area (Å²) in [4.78, 5) is 24.1. The van der Waals surface area contributed by atoms with Gasteiger partial charge in [0.25, 0.3) is 5.56 Å². The van der Waals surface area contributed by atoms with Gasteiger partial charge < -0.3 is 5.32 Å². The molecule has 0 unspecified atom stereocenters. The first-order chi connectivity index (χ1) is 10.9. The number of hydrogen-bond donors (Lipinski definition) is 1. The number of nitrogens with one attached hydrogen (secondary N) is 1. The van der Waals surface area contributed by atoms with E-state index < -0.39 is 9.84 Å². The van der Waals surface area contributed by atoms with Crippen LogP contribution in [0.25, 0.3) is 10.9 Å². The quantitative estimate of drug-likeness (QED) is 0.794. The van der Waals surface area contributed by atoms with Gasteiger partial charge in [-0.2, -0.15) is 0 Å². The highest BCUT2D eigenvalue weighted by Crippen LogP contribution is 2.17. The Morgan fingerprint density at radius 3 is 2.87 bits per heavy atom. The molecule has 23 heavy (non-hydrogen) atoms. The average molecular weight is 336 g/mol. The third kappa shape index (κ3) is 3.55. The third-order valence-corrected chi connectivity index (χ3v) is 5.67. The Kier molecular flexibility index (Phi) is 4.12. The molecule has 0 saturated carbocycles. The lowest BCUT2D eigenvalue weighted by atomic mass is 10.1. The molecule has 1 aliphatic rings. The van der Waals surface area contributed by atoms with E-state index >= 15 is 0 Å². The number of fused-ring (bicyclic) bond motifs is 1. The van der Waals surface area contributed by atoms with E-state index in [9.17, 15) is 18.0 Å². The van der Waals surface area contributed by atoms with Crippen LogP contribution in [0.3, 0.4) is 0 Å². The van der Waals surface area contributed by atoms with Gasteiger partial charge in [-0.1, -0.05) is 17.3 Å². The summed E-state index contributed by atoms with van der Waals surface area (Å²) in [5.41, 5.74) is 0.0968. The van der Waals surface area contributed by atoms with E-state index in [1.807, 2.05) is 0 Å². The van der Waals surface area contributed by atoms with Gasteiger partial charge in [0, 0.05) is 6.54 Å². The molecule has 1 aromatic carbocycles. The minimum atomic E-state index is -2.96. The molecule has 1 N–H and O–H groups in total. The molecule has 2 heterocycles. The van der Waals surface area contributed by atoms with Gasteiger partial charge in [-0.05, 0) is 24.5 Å². The maximum atomic E-state index is 12.2. The van der Waals surface area contributed by atoms with Gasteiger partial charge in [0.15, 0.2) is 9.84 Å². The molecule has 9 heteroatoms. The van der Waals surface area contributed by atoms with E-state index in [4.69, 9.17) is 0 Å². The van der Waals surface area contributed by atoms with Crippen LogP contribution in [-0.4, -0.2) is 47.4 Å². The summed E-state index contributed by atoms with van der Waals surface area (Å²) in [7, 11) is -2.96. The summed E-state index contributed by atoms with van der Waals surface area (Å²) >= 11 is 0. The number of carbonyl (C=O) groups is 1. The first kappa shape index (κ1) is 15.6. The van der Waals surface area contributed by atoms with Crippen LogP contribution >= 0.6 is 0 Å². The fraction of sp³-hybridized carbons (Fsp3) is 0.429. The van der Waals surface area contributed by atoms with Crippen LogP contribution in [0.5, 0.6) is 0 Å². The first-order valence-corrected chi connectivity index (χ1v) is 9.06. The van der Waals surface area contributed by atoms with E-state index in [1.54, 1.807) is 24.3 Å². The van der Waals surface area contributed by atoms with E-state index in [-0.39, 0.29) is 42.0 Å². The zero-order chi connectivity index (χ0) is 16.4. The SMILES string of the molecule is O=C(Cn1nnc2ccccc2c1=O)NC[C@H]1CCS(=O)(=O)C1. The number of nitrogens with zero attached hydrogens (tertiary/aromatic N) is 3. The number of carbonyl (C=O) groups excluding carboxylic acids is 1. The van der Waals surface area contributed by atoms with Gasteiger partial charge in [-0.25, -0.2) is 13.1 Å². The van der Waals surface area contributed by atoms with Gasteiger partial charge in [-0.15, -0.1) is 5.10 Å². The molecule has 1 fully saturated rings. The van der Waals surface area contributed by atoms with Gasteiger partial charge in [0.2, 0.25) is 5.91 Å². The van der Waals surface area contributed by atoms with E-state index in [2.05, 4.69) is 15.6 Å². The molecule has 122 valence electrons. The van der Waals surface area contributed by atoms with Crippen LogP contribution in [-0.2, 0) is 21.2 Å². The van der Waals surface area contributed by atoms with Crippen molar-refractivity contribution in [1.29, 1.82) is 0 Å². The standard InChI is InChI=1S/C14H16N4O4S/c19-13(15-7-10-5-6-23(21,22)9-10)8-18-14(20)11-3-1-2-4-12(11)16-17-18/h1-4,10H,5-9H2,(H,15,19)/t10-/m1/s1. The fourth-order valence-electron chi connectivity index (χ4n) is 2.61. The second kappa shape index (κ2) is 6.07. The zero-order valence-corrected chi connectivity index (χ0v) is 13.1. The molecule has 1 saturated heterocycles. The molecule has 0 radical (unpaired) electrons. The lowest BCUT2D eigenvalue weighted by Crippen LogP contribution is -2.36. The highest BCUT2D eigenvalue weighted by molar-refractivity contribution is 7.91. The fourth-order valence-corrected chi connectivity index (χ4v) is 4.47. The van der Waals surface area contributed by atoms with Crippen molar-refractivity contribution in [2.24, 2.45) is 5.92 Å². The summed E-state index contributed by atoms with van der Waals surface area (Å²) in [6, 6.07) is 6.78. The monoisotopic (exact) mass is 336 g/mol. The van der Waals surface area contributed by atoms with Crippen molar-refractivity contribution in [2.75, 3.05) is 18.1 Å². The summed E-state index contributed by atoms with van der Waals surface area (Å²) in [5, 5.41) is 10.7. The maximum absolute atomic E-state index is 12.2. The Bertz CT molecular complexity index is 906. The smallest absolute Gasteiger partial charge is 0.278 e. The Morgan fingerprint density at radius 1 is 1.35 bits per heavy atom. The van der Waals surface area contributed by atoms with Crippen molar-refractivity contribution < 1.29 is 13.2 Å². The Labute approximate surface area is 132 Å². The van der Waals surface area contributed by atoms with E-state index in [1.165, 1.54) is 0 Å². The average Bonchev–Trinajstić information content (AvgIpc) is 2.88. The van der Waals surface area contributed by atoms with Crippen LogP contribution in [0.2, 0.25) is 0 Å². The van der Waals surface area contributed by atoms with Crippen LogP contribution in [0.4, 0.5) is 0 Å². The number of rotatable bonds is 4. The second-order valence-electron chi connectivity index (χ2n) is 5.64. The molecular formula is C14H16N4O4S. The van der Waals surface area contributed by atoms with Crippen LogP contribution in [0.1, 0.15) is 6.42 Å². The summed E-state index contributed by atoms with van der Waals surface area (Å²) < 4.78 is 23.7. The number of aromatic nitrogens is 3. The van der Waals surface area contributed by atoms with Crippen molar-refractivity contribution in [3.63, 3.8) is 0 Å². The minimum absolute atomic E-state index is 0.0663. The van der Waals surface area contributed by atoms with Gasteiger partial charge in [0.1, 0.15) is 12.1 Å². The Balaban J connectivity index is 1.64. The van der Waals surface area contributed by atoms with E-state index in [0.29, 0.717) is 17.3 Å². The number of sulfone groups is 1. The van der Waals surface area contributed by atoms with Crippen molar-refractivity contribution in [3.8, 4) is 0 Å². The van der Waals surface area contributed by atoms with Crippen LogP contribution < -0.4 is 10.9 Å². The normalized spacial score (nSPS) is 19.7. The molecule has 0 bridgehead atoms.